The molecule has 0 N–H and O–H groups in total. The zero-order valence-corrected chi connectivity index (χ0v) is 20.8. The summed E-state index contributed by atoms with van der Waals surface area (Å²) in [5.74, 6) is 2.21. The number of carbonyl (C=O) groups is 1. The molecule has 0 heterocycles. The predicted octanol–water partition coefficient (Wildman–Crippen LogP) is 7.99. The molecule has 0 bridgehead atoms. The van der Waals surface area contributed by atoms with E-state index in [1.54, 1.807) is 0 Å². The van der Waals surface area contributed by atoms with E-state index in [9.17, 15) is 4.79 Å². The summed E-state index contributed by atoms with van der Waals surface area (Å²) in [6.45, 7) is 2.14. The van der Waals surface area contributed by atoms with Gasteiger partial charge in [-0.2, -0.15) is 0 Å². The third-order valence-electron chi connectivity index (χ3n) is 4.95. The van der Waals surface area contributed by atoms with Crippen LogP contribution in [0.4, 0.5) is 0 Å². The van der Waals surface area contributed by atoms with Crippen molar-refractivity contribution in [1.29, 1.82) is 0 Å². The number of benzene rings is 3. The van der Waals surface area contributed by atoms with E-state index in [2.05, 4.69) is 67.6 Å². The van der Waals surface area contributed by atoms with Crippen LogP contribution in [0.3, 0.4) is 0 Å². The summed E-state index contributed by atoms with van der Waals surface area (Å²) in [6.07, 6.45) is 1.79. The summed E-state index contributed by atoms with van der Waals surface area (Å²) in [5, 5.41) is 0. The molecule has 0 amide bonds. The Labute approximate surface area is 205 Å². The fourth-order valence-corrected chi connectivity index (χ4v) is 6.73. The van der Waals surface area contributed by atoms with Crippen LogP contribution in [-0.4, -0.2) is 10.6 Å². The second kappa shape index (κ2) is 14.4. The van der Waals surface area contributed by atoms with Crippen molar-refractivity contribution in [2.45, 2.75) is 41.6 Å². The van der Waals surface area contributed by atoms with Crippen LogP contribution in [0.2, 0.25) is 0 Å². The summed E-state index contributed by atoms with van der Waals surface area (Å²) >= 11 is 4.95. The van der Waals surface area contributed by atoms with Gasteiger partial charge in [0.2, 0.25) is 0 Å². The van der Waals surface area contributed by atoms with Crippen LogP contribution in [0.5, 0.6) is 0 Å². The highest BCUT2D eigenvalue weighted by Crippen LogP contribution is 2.38. The number of hydrogen-bond acceptors (Lipinski definition) is 5. The molecule has 0 aliphatic heterocycles. The maximum absolute atomic E-state index is 13.1. The average Bonchev–Trinajstić information content (AvgIpc) is 2.85. The topological polar surface area (TPSA) is 26.3 Å². The van der Waals surface area contributed by atoms with Gasteiger partial charge in [0.15, 0.2) is 0 Å². The van der Waals surface area contributed by atoms with Crippen LogP contribution in [0.25, 0.3) is 0 Å². The molecule has 168 valence electrons. The van der Waals surface area contributed by atoms with E-state index in [-0.39, 0.29) is 16.5 Å². The molecule has 3 aromatic rings. The number of hydrogen-bond donors (Lipinski definition) is 0. The van der Waals surface area contributed by atoms with E-state index in [0.29, 0.717) is 5.75 Å². The Hall–Kier alpha value is -1.82. The maximum atomic E-state index is 13.1. The van der Waals surface area contributed by atoms with Gasteiger partial charge in [-0.1, -0.05) is 104 Å². The molecule has 0 aromatic heterocycles. The lowest BCUT2D eigenvalue weighted by Gasteiger charge is -2.24. The first-order chi connectivity index (χ1) is 15.8. The summed E-state index contributed by atoms with van der Waals surface area (Å²) in [6, 6.07) is 31.1. The van der Waals surface area contributed by atoms with Gasteiger partial charge in [-0.25, -0.2) is 0 Å². The average molecular weight is 483 g/mol. The van der Waals surface area contributed by atoms with Crippen molar-refractivity contribution in [3.8, 4) is 0 Å². The largest absolute Gasteiger partial charge is 0.391 e. The lowest BCUT2D eigenvalue weighted by Crippen LogP contribution is -2.25. The summed E-state index contributed by atoms with van der Waals surface area (Å²) < 4.78 is 5.84. The van der Waals surface area contributed by atoms with Crippen molar-refractivity contribution in [3.05, 3.63) is 108 Å². The molecule has 1 atom stereocenters. The molecule has 0 spiro atoms. The minimum atomic E-state index is -0.134. The lowest BCUT2D eigenvalue weighted by molar-refractivity contribution is -0.137. The Morgan fingerprint density at radius 1 is 0.719 bits per heavy atom. The highest BCUT2D eigenvalue weighted by molar-refractivity contribution is 8.16. The van der Waals surface area contributed by atoms with Crippen molar-refractivity contribution in [3.63, 3.8) is 0 Å². The molecule has 0 saturated carbocycles. The van der Waals surface area contributed by atoms with E-state index in [1.165, 1.54) is 23.2 Å². The van der Waals surface area contributed by atoms with Gasteiger partial charge in [0.1, 0.15) is 0 Å². The van der Waals surface area contributed by atoms with Gasteiger partial charge in [-0.05, 0) is 23.1 Å². The highest BCUT2D eigenvalue weighted by Gasteiger charge is 2.30. The minimum absolute atomic E-state index is 0.0982. The molecule has 0 aliphatic rings. The van der Waals surface area contributed by atoms with Crippen LogP contribution in [0.15, 0.2) is 91.0 Å². The van der Waals surface area contributed by atoms with E-state index >= 15 is 0 Å². The van der Waals surface area contributed by atoms with Crippen LogP contribution < -0.4 is 0 Å². The number of carbonyl (C=O) groups excluding carboxylic acids is 1. The smallest absolute Gasteiger partial charge is 0.322 e. The van der Waals surface area contributed by atoms with Gasteiger partial charge >= 0.3 is 5.97 Å². The molecule has 1 unspecified atom stereocenters. The maximum Gasteiger partial charge on any atom is 0.322 e. The second-order valence-corrected chi connectivity index (χ2v) is 10.8. The Kier molecular flexibility index (Phi) is 11.1. The van der Waals surface area contributed by atoms with E-state index in [1.807, 2.05) is 53.9 Å². The SMILES string of the molecule is CCCC(C(=O)OSCc1ccccc1)C(SCc1ccccc1)SCc1ccccc1. The highest BCUT2D eigenvalue weighted by atomic mass is 32.2. The van der Waals surface area contributed by atoms with Crippen molar-refractivity contribution in [2.24, 2.45) is 5.92 Å². The van der Waals surface area contributed by atoms with Crippen LogP contribution in [0.1, 0.15) is 36.5 Å². The quantitative estimate of drug-likeness (QED) is 0.182. The molecule has 32 heavy (non-hydrogen) atoms. The van der Waals surface area contributed by atoms with Crippen molar-refractivity contribution < 1.29 is 8.98 Å². The first-order valence-electron chi connectivity index (χ1n) is 10.9. The van der Waals surface area contributed by atoms with Crippen LogP contribution >= 0.6 is 35.6 Å². The third-order valence-corrected chi connectivity index (χ3v) is 8.82. The third kappa shape index (κ3) is 8.61. The van der Waals surface area contributed by atoms with E-state index in [0.717, 1.165) is 29.9 Å². The minimum Gasteiger partial charge on any atom is -0.391 e. The summed E-state index contributed by atoms with van der Waals surface area (Å²) in [5.41, 5.74) is 3.72. The normalized spacial score (nSPS) is 11.9. The van der Waals surface area contributed by atoms with Gasteiger partial charge in [-0.15, -0.1) is 23.5 Å². The molecule has 3 aromatic carbocycles. The molecule has 5 heteroatoms. The zero-order chi connectivity index (χ0) is 22.4. The Morgan fingerprint density at radius 3 is 1.59 bits per heavy atom. The van der Waals surface area contributed by atoms with Gasteiger partial charge < -0.3 is 4.18 Å². The Morgan fingerprint density at radius 2 is 1.16 bits per heavy atom. The molecule has 0 saturated heterocycles. The van der Waals surface area contributed by atoms with Crippen LogP contribution in [-0.2, 0) is 26.2 Å². The van der Waals surface area contributed by atoms with Crippen LogP contribution in [0, 0.1) is 5.92 Å². The van der Waals surface area contributed by atoms with Gasteiger partial charge in [0.25, 0.3) is 0 Å². The monoisotopic (exact) mass is 482 g/mol. The van der Waals surface area contributed by atoms with Crippen molar-refractivity contribution in [1.82, 2.24) is 0 Å². The predicted molar refractivity (Wildman–Crippen MR) is 141 cm³/mol. The summed E-state index contributed by atoms with van der Waals surface area (Å²) in [4.78, 5) is 13.1. The van der Waals surface area contributed by atoms with Crippen molar-refractivity contribution in [2.75, 3.05) is 0 Å². The number of rotatable bonds is 13. The molecule has 0 aliphatic carbocycles. The first-order valence-corrected chi connectivity index (χ1v) is 14.0. The zero-order valence-electron chi connectivity index (χ0n) is 18.4. The Balaban J connectivity index is 1.64. The van der Waals surface area contributed by atoms with Gasteiger partial charge in [-0.3, -0.25) is 4.79 Å². The molecule has 0 radical (unpaired) electrons. The van der Waals surface area contributed by atoms with Gasteiger partial charge in [0.05, 0.1) is 28.3 Å². The number of thioether (sulfide) groups is 2. The Bertz CT molecular complexity index is 860. The fourth-order valence-electron chi connectivity index (χ4n) is 3.25. The molecule has 3 rings (SSSR count). The van der Waals surface area contributed by atoms with Gasteiger partial charge in [0, 0.05) is 11.5 Å². The fraction of sp³-hybridized carbons (Fsp3) is 0.296. The second-order valence-electron chi connectivity index (χ2n) is 7.51. The van der Waals surface area contributed by atoms with E-state index in [4.69, 9.17) is 4.18 Å². The standard InChI is InChI=1S/C27H30O2S3/c1-2-12-25(26(28)29-32-21-24-17-10-5-11-18-24)27(30-19-22-13-6-3-7-14-22)31-20-23-15-8-4-9-16-23/h3-11,13-18,25,27H,2,12,19-21H2,1H3. The van der Waals surface area contributed by atoms with E-state index < -0.39 is 0 Å². The lowest BCUT2D eigenvalue weighted by atomic mass is 10.1. The summed E-state index contributed by atoms with van der Waals surface area (Å²) in [7, 11) is 0. The molecule has 2 nitrogen and oxygen atoms in total. The molecule has 0 fully saturated rings. The first kappa shape index (κ1) is 24.8. The molecular weight excluding hydrogens is 452 g/mol. The molecular formula is C27H30O2S3. The van der Waals surface area contributed by atoms with Crippen molar-refractivity contribution >= 4 is 41.5 Å².